The van der Waals surface area contributed by atoms with E-state index in [9.17, 15) is 14.9 Å². The average molecular weight is 330 g/mol. The number of nitrogens with one attached hydrogen (secondary N) is 2. The van der Waals surface area contributed by atoms with Gasteiger partial charge in [0, 0.05) is 25.2 Å². The van der Waals surface area contributed by atoms with Crippen LogP contribution in [0.3, 0.4) is 0 Å². The zero-order chi connectivity index (χ0) is 15.2. The first kappa shape index (κ1) is 18.3. The molecule has 0 bridgehead atoms. The molecule has 8 heteroatoms. The van der Waals surface area contributed by atoms with Crippen LogP contribution in [0.25, 0.3) is 0 Å². The van der Waals surface area contributed by atoms with Crippen LogP contribution in [0.2, 0.25) is 0 Å². The molecule has 7 nitrogen and oxygen atoms in total. The van der Waals surface area contributed by atoms with Gasteiger partial charge >= 0.3 is 0 Å². The Kier molecular flexibility index (Phi) is 7.23. The number of hydrogen-bond acceptors (Lipinski definition) is 5. The second kappa shape index (κ2) is 8.67. The molecule has 0 aromatic heterocycles. The molecule has 0 saturated carbocycles. The number of nitrogens with zero attached hydrogens (tertiary/aromatic N) is 1. The SMILES string of the molecule is CCC(NC(=O)C1CNCCO1)c1cccc([N+](=O)[O-])c1.Cl. The van der Waals surface area contributed by atoms with Crippen LogP contribution in [0.4, 0.5) is 5.69 Å². The maximum Gasteiger partial charge on any atom is 0.269 e. The maximum atomic E-state index is 12.1. The van der Waals surface area contributed by atoms with Gasteiger partial charge in [-0.25, -0.2) is 0 Å². The standard InChI is InChI=1S/C14H19N3O4.ClH/c1-2-12(10-4-3-5-11(8-10)17(19)20)16-14(18)13-9-15-6-7-21-13;/h3-5,8,12-13,15H,2,6-7,9H2,1H3,(H,16,18);1H. The highest BCUT2D eigenvalue weighted by Gasteiger charge is 2.24. The molecule has 122 valence electrons. The van der Waals surface area contributed by atoms with Gasteiger partial charge in [-0.15, -0.1) is 12.4 Å². The summed E-state index contributed by atoms with van der Waals surface area (Å²) in [4.78, 5) is 22.5. The summed E-state index contributed by atoms with van der Waals surface area (Å²) in [5, 5.41) is 16.8. The number of carbonyl (C=O) groups is 1. The predicted molar refractivity (Wildman–Crippen MR) is 84.1 cm³/mol. The number of non-ortho nitro benzene ring substituents is 1. The molecule has 22 heavy (non-hydrogen) atoms. The fraction of sp³-hybridized carbons (Fsp3) is 0.500. The van der Waals surface area contributed by atoms with Crippen molar-refractivity contribution in [3.05, 3.63) is 39.9 Å². The molecule has 2 unspecified atom stereocenters. The van der Waals surface area contributed by atoms with Crippen LogP contribution in [0.15, 0.2) is 24.3 Å². The summed E-state index contributed by atoms with van der Waals surface area (Å²) in [6.45, 7) is 3.65. The van der Waals surface area contributed by atoms with Crippen molar-refractivity contribution in [2.24, 2.45) is 0 Å². The highest BCUT2D eigenvalue weighted by Crippen LogP contribution is 2.21. The van der Waals surface area contributed by atoms with Gasteiger partial charge in [-0.2, -0.15) is 0 Å². The molecule has 1 fully saturated rings. The number of hydrogen-bond donors (Lipinski definition) is 2. The largest absolute Gasteiger partial charge is 0.366 e. The fourth-order valence-electron chi connectivity index (χ4n) is 2.27. The third-order valence-electron chi connectivity index (χ3n) is 3.43. The molecule has 1 aliphatic heterocycles. The Bertz CT molecular complexity index is 521. The van der Waals surface area contributed by atoms with Crippen LogP contribution < -0.4 is 10.6 Å². The number of carbonyl (C=O) groups excluding carboxylic acids is 1. The van der Waals surface area contributed by atoms with Gasteiger partial charge in [0.05, 0.1) is 17.6 Å². The molecule has 2 atom stereocenters. The van der Waals surface area contributed by atoms with Gasteiger partial charge in [0.2, 0.25) is 0 Å². The van der Waals surface area contributed by atoms with Crippen LogP contribution in [0, 0.1) is 10.1 Å². The van der Waals surface area contributed by atoms with Crippen LogP contribution in [0.1, 0.15) is 24.9 Å². The van der Waals surface area contributed by atoms with Crippen LogP contribution in [0.5, 0.6) is 0 Å². The van der Waals surface area contributed by atoms with E-state index in [-0.39, 0.29) is 30.0 Å². The molecule has 1 saturated heterocycles. The van der Waals surface area contributed by atoms with E-state index in [1.54, 1.807) is 12.1 Å². The smallest absolute Gasteiger partial charge is 0.269 e. The van der Waals surface area contributed by atoms with Crippen molar-refractivity contribution >= 4 is 24.0 Å². The normalized spacial score (nSPS) is 18.9. The third kappa shape index (κ3) is 4.66. The number of rotatable bonds is 5. The highest BCUT2D eigenvalue weighted by atomic mass is 35.5. The first-order chi connectivity index (χ1) is 10.1. The minimum absolute atomic E-state index is 0. The van der Waals surface area contributed by atoms with Gasteiger partial charge in [0.15, 0.2) is 0 Å². The lowest BCUT2D eigenvalue weighted by Crippen LogP contribution is -2.48. The second-order valence-electron chi connectivity index (χ2n) is 4.89. The van der Waals surface area contributed by atoms with Gasteiger partial charge < -0.3 is 15.4 Å². The lowest BCUT2D eigenvalue weighted by molar-refractivity contribution is -0.384. The molecular weight excluding hydrogens is 310 g/mol. The zero-order valence-electron chi connectivity index (χ0n) is 12.3. The van der Waals surface area contributed by atoms with E-state index in [2.05, 4.69) is 10.6 Å². The summed E-state index contributed by atoms with van der Waals surface area (Å²) in [7, 11) is 0. The number of ether oxygens (including phenoxy) is 1. The van der Waals surface area contributed by atoms with Crippen LogP contribution in [-0.4, -0.2) is 36.6 Å². The Morgan fingerprint density at radius 3 is 2.95 bits per heavy atom. The minimum Gasteiger partial charge on any atom is -0.366 e. The molecular formula is C14H20ClN3O4. The monoisotopic (exact) mass is 329 g/mol. The second-order valence-corrected chi connectivity index (χ2v) is 4.89. The Morgan fingerprint density at radius 2 is 2.36 bits per heavy atom. The van der Waals surface area contributed by atoms with E-state index in [0.29, 0.717) is 19.6 Å². The molecule has 1 heterocycles. The van der Waals surface area contributed by atoms with Gasteiger partial charge in [-0.3, -0.25) is 14.9 Å². The highest BCUT2D eigenvalue weighted by molar-refractivity contribution is 5.85. The van der Waals surface area contributed by atoms with E-state index in [0.717, 1.165) is 12.1 Å². The van der Waals surface area contributed by atoms with E-state index in [4.69, 9.17) is 4.74 Å². The van der Waals surface area contributed by atoms with Crippen LogP contribution >= 0.6 is 12.4 Å². The summed E-state index contributed by atoms with van der Waals surface area (Å²) in [5.41, 5.74) is 0.750. The number of amides is 1. The summed E-state index contributed by atoms with van der Waals surface area (Å²) >= 11 is 0. The summed E-state index contributed by atoms with van der Waals surface area (Å²) in [6.07, 6.45) is 0.138. The first-order valence-corrected chi connectivity index (χ1v) is 6.99. The molecule has 1 amide bonds. The number of benzene rings is 1. The predicted octanol–water partition coefficient (Wildman–Crippen LogP) is 1.57. The molecule has 0 radical (unpaired) electrons. The minimum atomic E-state index is -0.508. The number of halogens is 1. The van der Waals surface area contributed by atoms with Crippen molar-refractivity contribution in [2.75, 3.05) is 19.7 Å². The molecule has 2 rings (SSSR count). The van der Waals surface area contributed by atoms with Crippen molar-refractivity contribution in [3.63, 3.8) is 0 Å². The first-order valence-electron chi connectivity index (χ1n) is 6.99. The summed E-state index contributed by atoms with van der Waals surface area (Å²) in [6, 6.07) is 6.08. The van der Waals surface area contributed by atoms with Gasteiger partial charge in [0.25, 0.3) is 11.6 Å². The van der Waals surface area contributed by atoms with Crippen molar-refractivity contribution < 1.29 is 14.5 Å². The summed E-state index contributed by atoms with van der Waals surface area (Å²) in [5.74, 6) is -0.194. The quantitative estimate of drug-likeness (QED) is 0.632. The average Bonchev–Trinajstić information content (AvgIpc) is 2.53. The molecule has 0 aliphatic carbocycles. The Hall–Kier alpha value is -1.70. The van der Waals surface area contributed by atoms with Crippen LogP contribution in [-0.2, 0) is 9.53 Å². The maximum absolute atomic E-state index is 12.1. The Balaban J connectivity index is 0.00000242. The lowest BCUT2D eigenvalue weighted by atomic mass is 10.0. The molecule has 1 aliphatic rings. The van der Waals surface area contributed by atoms with E-state index < -0.39 is 11.0 Å². The van der Waals surface area contributed by atoms with Crippen molar-refractivity contribution in [2.45, 2.75) is 25.5 Å². The lowest BCUT2D eigenvalue weighted by Gasteiger charge is -2.25. The third-order valence-corrected chi connectivity index (χ3v) is 3.43. The van der Waals surface area contributed by atoms with Crippen molar-refractivity contribution in [1.82, 2.24) is 10.6 Å². The van der Waals surface area contributed by atoms with Gasteiger partial charge in [-0.1, -0.05) is 19.1 Å². The number of nitro groups is 1. The molecule has 0 spiro atoms. The fourth-order valence-corrected chi connectivity index (χ4v) is 2.27. The number of nitro benzene ring substituents is 1. The molecule has 1 aromatic rings. The van der Waals surface area contributed by atoms with Gasteiger partial charge in [-0.05, 0) is 12.0 Å². The van der Waals surface area contributed by atoms with E-state index in [1.165, 1.54) is 12.1 Å². The Labute approximate surface area is 135 Å². The molecule has 1 aromatic carbocycles. The summed E-state index contributed by atoms with van der Waals surface area (Å²) < 4.78 is 5.40. The van der Waals surface area contributed by atoms with E-state index >= 15 is 0 Å². The number of morpholine rings is 1. The topological polar surface area (TPSA) is 93.5 Å². The zero-order valence-corrected chi connectivity index (χ0v) is 13.1. The molecule has 2 N–H and O–H groups in total. The van der Waals surface area contributed by atoms with E-state index in [1.807, 2.05) is 6.92 Å². The van der Waals surface area contributed by atoms with Gasteiger partial charge in [0.1, 0.15) is 6.10 Å². The van der Waals surface area contributed by atoms with Crippen molar-refractivity contribution in [3.8, 4) is 0 Å². The van der Waals surface area contributed by atoms with Crippen molar-refractivity contribution in [1.29, 1.82) is 0 Å². The Morgan fingerprint density at radius 1 is 1.59 bits per heavy atom.